The van der Waals surface area contributed by atoms with E-state index in [9.17, 15) is 13.2 Å². The molecule has 0 aliphatic rings. The number of sulfone groups is 1. The van der Waals surface area contributed by atoms with Crippen LogP contribution in [0, 0.1) is 6.92 Å². The van der Waals surface area contributed by atoms with Gasteiger partial charge < -0.3 is 0 Å². The molecule has 1 rings (SSSR count). The van der Waals surface area contributed by atoms with Crippen LogP contribution >= 0.6 is 23.2 Å². The van der Waals surface area contributed by atoms with E-state index >= 15 is 0 Å². The number of hydrogen-bond acceptors (Lipinski definition) is 3. The van der Waals surface area contributed by atoms with Crippen molar-refractivity contribution in [3.05, 3.63) is 29.3 Å². The SMILES string of the molecule is Cc1c(C(=O)Cl)cccc1S(=O)(=O)CCCl. The highest BCUT2D eigenvalue weighted by Crippen LogP contribution is 2.21. The zero-order valence-electron chi connectivity index (χ0n) is 8.54. The van der Waals surface area contributed by atoms with Crippen molar-refractivity contribution in [1.82, 2.24) is 0 Å². The van der Waals surface area contributed by atoms with Crippen LogP contribution in [0.1, 0.15) is 15.9 Å². The van der Waals surface area contributed by atoms with Gasteiger partial charge in [0.15, 0.2) is 9.84 Å². The number of carbonyl (C=O) groups excluding carboxylic acids is 1. The third-order valence-electron chi connectivity index (χ3n) is 2.18. The Kier molecular flexibility index (Phi) is 4.35. The van der Waals surface area contributed by atoms with Crippen molar-refractivity contribution < 1.29 is 13.2 Å². The minimum Gasteiger partial charge on any atom is -0.276 e. The Balaban J connectivity index is 3.37. The Morgan fingerprint density at radius 3 is 2.50 bits per heavy atom. The molecule has 88 valence electrons. The van der Waals surface area contributed by atoms with Gasteiger partial charge in [0.05, 0.1) is 10.6 Å². The highest BCUT2D eigenvalue weighted by atomic mass is 35.5. The van der Waals surface area contributed by atoms with Gasteiger partial charge in [0.2, 0.25) is 0 Å². The van der Waals surface area contributed by atoms with Gasteiger partial charge in [-0.2, -0.15) is 0 Å². The molecule has 3 nitrogen and oxygen atoms in total. The maximum atomic E-state index is 11.8. The predicted molar refractivity (Wildman–Crippen MR) is 64.1 cm³/mol. The maximum Gasteiger partial charge on any atom is 0.252 e. The highest BCUT2D eigenvalue weighted by molar-refractivity contribution is 7.91. The minimum atomic E-state index is -3.44. The van der Waals surface area contributed by atoms with E-state index in [4.69, 9.17) is 23.2 Å². The van der Waals surface area contributed by atoms with Gasteiger partial charge in [-0.15, -0.1) is 11.6 Å². The molecule has 0 amide bonds. The zero-order chi connectivity index (χ0) is 12.3. The molecule has 1 aromatic carbocycles. The summed E-state index contributed by atoms with van der Waals surface area (Å²) in [5, 5.41) is -0.666. The van der Waals surface area contributed by atoms with Crippen molar-refractivity contribution >= 4 is 38.3 Å². The fraction of sp³-hybridized carbons (Fsp3) is 0.300. The second-order valence-electron chi connectivity index (χ2n) is 3.21. The highest BCUT2D eigenvalue weighted by Gasteiger charge is 2.19. The monoisotopic (exact) mass is 280 g/mol. The van der Waals surface area contributed by atoms with E-state index in [1.165, 1.54) is 18.2 Å². The van der Waals surface area contributed by atoms with Crippen LogP contribution in [-0.4, -0.2) is 25.3 Å². The molecule has 0 aliphatic heterocycles. The summed E-state index contributed by atoms with van der Waals surface area (Å²) in [5.41, 5.74) is 0.574. The van der Waals surface area contributed by atoms with Crippen LogP contribution in [0.5, 0.6) is 0 Å². The van der Waals surface area contributed by atoms with E-state index < -0.39 is 15.1 Å². The Hall–Kier alpha value is -0.580. The van der Waals surface area contributed by atoms with Gasteiger partial charge in [-0.3, -0.25) is 4.79 Å². The van der Waals surface area contributed by atoms with Gasteiger partial charge >= 0.3 is 0 Å². The number of carbonyl (C=O) groups is 1. The van der Waals surface area contributed by atoms with Crippen LogP contribution in [0.3, 0.4) is 0 Å². The minimum absolute atomic E-state index is 0.0147. The number of hydrogen-bond donors (Lipinski definition) is 0. The molecule has 0 bridgehead atoms. The normalized spacial score (nSPS) is 11.4. The molecular weight excluding hydrogens is 271 g/mol. The average Bonchev–Trinajstić information content (AvgIpc) is 2.17. The molecule has 6 heteroatoms. The van der Waals surface area contributed by atoms with Crippen LogP contribution < -0.4 is 0 Å². The number of alkyl halides is 1. The summed E-state index contributed by atoms with van der Waals surface area (Å²) in [6.07, 6.45) is 0. The lowest BCUT2D eigenvalue weighted by Crippen LogP contribution is -2.11. The lowest BCUT2D eigenvalue weighted by molar-refractivity contribution is 0.108. The van der Waals surface area contributed by atoms with Crippen molar-refractivity contribution in [2.45, 2.75) is 11.8 Å². The second kappa shape index (κ2) is 5.17. The summed E-state index contributed by atoms with van der Waals surface area (Å²) in [5.74, 6) is -0.143. The smallest absolute Gasteiger partial charge is 0.252 e. The largest absolute Gasteiger partial charge is 0.276 e. The summed E-state index contributed by atoms with van der Waals surface area (Å²) in [4.78, 5) is 11.2. The standard InChI is InChI=1S/C10H10Cl2O3S/c1-7-8(10(12)13)3-2-4-9(7)16(14,15)6-5-11/h2-4H,5-6H2,1H3. The van der Waals surface area contributed by atoms with Gasteiger partial charge in [-0.05, 0) is 36.2 Å². The number of benzene rings is 1. The Labute approximate surface area is 104 Å². The van der Waals surface area contributed by atoms with E-state index in [0.717, 1.165) is 0 Å². The molecule has 0 atom stereocenters. The van der Waals surface area contributed by atoms with Crippen LogP contribution in [-0.2, 0) is 9.84 Å². The van der Waals surface area contributed by atoms with Crippen LogP contribution in [0.4, 0.5) is 0 Å². The van der Waals surface area contributed by atoms with Gasteiger partial charge in [0.25, 0.3) is 5.24 Å². The first kappa shape index (κ1) is 13.5. The van der Waals surface area contributed by atoms with Gasteiger partial charge in [0, 0.05) is 11.4 Å². The van der Waals surface area contributed by atoms with Crippen molar-refractivity contribution in [2.75, 3.05) is 11.6 Å². The third kappa shape index (κ3) is 2.75. The first-order valence-electron chi connectivity index (χ1n) is 4.48. The van der Waals surface area contributed by atoms with Crippen LogP contribution in [0.15, 0.2) is 23.1 Å². The summed E-state index contributed by atoms with van der Waals surface area (Å²) in [6.45, 7) is 1.55. The van der Waals surface area contributed by atoms with Crippen LogP contribution in [0.2, 0.25) is 0 Å². The first-order valence-corrected chi connectivity index (χ1v) is 7.05. The molecule has 0 heterocycles. The predicted octanol–water partition coefficient (Wildman–Crippen LogP) is 2.39. The maximum absolute atomic E-state index is 11.8. The molecule has 16 heavy (non-hydrogen) atoms. The molecule has 1 aromatic rings. The Morgan fingerprint density at radius 2 is 2.00 bits per heavy atom. The van der Waals surface area contributed by atoms with Crippen LogP contribution in [0.25, 0.3) is 0 Å². The second-order valence-corrected chi connectivity index (χ2v) is 6.01. The van der Waals surface area contributed by atoms with Gasteiger partial charge in [0.1, 0.15) is 0 Å². The summed E-state index contributed by atoms with van der Waals surface area (Å²) in [7, 11) is -3.44. The van der Waals surface area contributed by atoms with Gasteiger partial charge in [-0.1, -0.05) is 6.07 Å². The summed E-state index contributed by atoms with van der Waals surface area (Å²) >= 11 is 10.8. The van der Waals surface area contributed by atoms with Gasteiger partial charge in [-0.25, -0.2) is 8.42 Å². The molecule has 0 aromatic heterocycles. The fourth-order valence-corrected chi connectivity index (χ4v) is 3.48. The molecule has 0 aliphatic carbocycles. The fourth-order valence-electron chi connectivity index (χ4n) is 1.38. The molecule has 0 N–H and O–H groups in total. The van der Waals surface area contributed by atoms with E-state index in [-0.39, 0.29) is 22.1 Å². The Bertz CT molecular complexity index is 509. The lowest BCUT2D eigenvalue weighted by Gasteiger charge is -2.08. The van der Waals surface area contributed by atoms with Crippen molar-refractivity contribution in [3.63, 3.8) is 0 Å². The van der Waals surface area contributed by atoms with Crippen molar-refractivity contribution in [1.29, 1.82) is 0 Å². The molecule has 0 saturated heterocycles. The zero-order valence-corrected chi connectivity index (χ0v) is 10.9. The summed E-state index contributed by atoms with van der Waals surface area (Å²) in [6, 6.07) is 4.43. The molecular formula is C10H10Cl2O3S. The quantitative estimate of drug-likeness (QED) is 0.629. The van der Waals surface area contributed by atoms with E-state index in [0.29, 0.717) is 5.56 Å². The number of halogens is 2. The average molecular weight is 281 g/mol. The number of rotatable bonds is 4. The Morgan fingerprint density at radius 1 is 1.38 bits per heavy atom. The molecule has 0 unspecified atom stereocenters. The van der Waals surface area contributed by atoms with Crippen molar-refractivity contribution in [2.24, 2.45) is 0 Å². The molecule has 0 radical (unpaired) electrons. The molecule has 0 fully saturated rings. The topological polar surface area (TPSA) is 51.2 Å². The summed E-state index contributed by atoms with van der Waals surface area (Å²) < 4.78 is 23.6. The molecule has 0 saturated carbocycles. The molecule has 0 spiro atoms. The first-order chi connectivity index (χ1) is 7.40. The van der Waals surface area contributed by atoms with E-state index in [2.05, 4.69) is 0 Å². The lowest BCUT2D eigenvalue weighted by atomic mass is 10.1. The van der Waals surface area contributed by atoms with E-state index in [1.54, 1.807) is 6.92 Å². The van der Waals surface area contributed by atoms with Crippen molar-refractivity contribution in [3.8, 4) is 0 Å². The van der Waals surface area contributed by atoms with E-state index in [1.807, 2.05) is 0 Å². The third-order valence-corrected chi connectivity index (χ3v) is 4.65.